The quantitative estimate of drug-likeness (QED) is 0.795. The van der Waals surface area contributed by atoms with Gasteiger partial charge in [0.2, 0.25) is 5.91 Å². The highest BCUT2D eigenvalue weighted by Gasteiger charge is 2.42. The van der Waals surface area contributed by atoms with Gasteiger partial charge in [-0.05, 0) is 30.5 Å². The van der Waals surface area contributed by atoms with Crippen LogP contribution in [-0.4, -0.2) is 11.6 Å². The molecule has 1 aromatic rings. The van der Waals surface area contributed by atoms with E-state index >= 15 is 0 Å². The van der Waals surface area contributed by atoms with Gasteiger partial charge in [-0.2, -0.15) is 5.10 Å². The van der Waals surface area contributed by atoms with Gasteiger partial charge in [0.1, 0.15) is 0 Å². The number of hydrogen-bond acceptors (Lipinski definition) is 2. The second kappa shape index (κ2) is 3.59. The highest BCUT2D eigenvalue weighted by molar-refractivity contribution is 6.30. The van der Waals surface area contributed by atoms with Crippen molar-refractivity contribution in [3.8, 4) is 0 Å². The molecule has 82 valence electrons. The topological polar surface area (TPSA) is 41.5 Å². The first-order valence-corrected chi connectivity index (χ1v) is 5.77. The van der Waals surface area contributed by atoms with Crippen LogP contribution in [0.5, 0.6) is 0 Å². The maximum atomic E-state index is 11.4. The summed E-state index contributed by atoms with van der Waals surface area (Å²) in [5.74, 6) is 0.493. The Balaban J connectivity index is 1.95. The average molecular weight is 235 g/mol. The lowest BCUT2D eigenvalue weighted by molar-refractivity contribution is -0.129. The molecule has 2 aliphatic rings. The Morgan fingerprint density at radius 1 is 1.19 bits per heavy atom. The number of amides is 1. The molecule has 1 saturated carbocycles. The van der Waals surface area contributed by atoms with E-state index in [0.717, 1.165) is 24.1 Å². The number of hydrazone groups is 1. The SMILES string of the molecule is O=C1NN=C(c2ccc(Cl)cc2)[C@H]2CC[C@H]12. The summed E-state index contributed by atoms with van der Waals surface area (Å²) in [5.41, 5.74) is 4.64. The highest BCUT2D eigenvalue weighted by atomic mass is 35.5. The van der Waals surface area contributed by atoms with Gasteiger partial charge in [-0.15, -0.1) is 0 Å². The van der Waals surface area contributed by atoms with E-state index in [1.807, 2.05) is 24.3 Å². The molecule has 16 heavy (non-hydrogen) atoms. The van der Waals surface area contributed by atoms with Crippen molar-refractivity contribution >= 4 is 23.2 Å². The first-order chi connectivity index (χ1) is 7.75. The van der Waals surface area contributed by atoms with Crippen molar-refractivity contribution in [2.45, 2.75) is 12.8 Å². The molecule has 1 heterocycles. The predicted molar refractivity (Wildman–Crippen MR) is 62.3 cm³/mol. The number of hydrogen-bond donors (Lipinski definition) is 1. The van der Waals surface area contributed by atoms with Crippen molar-refractivity contribution in [2.24, 2.45) is 16.9 Å². The van der Waals surface area contributed by atoms with Crippen LogP contribution in [0.15, 0.2) is 29.4 Å². The molecule has 1 aromatic carbocycles. The molecule has 4 heteroatoms. The number of nitrogens with zero attached hydrogens (tertiary/aromatic N) is 1. The van der Waals surface area contributed by atoms with Gasteiger partial charge in [0.25, 0.3) is 0 Å². The van der Waals surface area contributed by atoms with E-state index in [-0.39, 0.29) is 11.8 Å². The molecule has 2 atom stereocenters. The van der Waals surface area contributed by atoms with Crippen molar-refractivity contribution in [1.82, 2.24) is 5.43 Å². The summed E-state index contributed by atoms with van der Waals surface area (Å²) in [6.07, 6.45) is 2.03. The van der Waals surface area contributed by atoms with Gasteiger partial charge in [-0.3, -0.25) is 4.79 Å². The van der Waals surface area contributed by atoms with Crippen molar-refractivity contribution in [3.63, 3.8) is 0 Å². The molecule has 0 aromatic heterocycles. The van der Waals surface area contributed by atoms with Crippen molar-refractivity contribution in [3.05, 3.63) is 34.9 Å². The van der Waals surface area contributed by atoms with Crippen LogP contribution in [0.25, 0.3) is 0 Å². The fourth-order valence-electron chi connectivity index (χ4n) is 2.32. The fourth-order valence-corrected chi connectivity index (χ4v) is 2.45. The molecule has 1 amide bonds. The molecular formula is C12H11ClN2O. The van der Waals surface area contributed by atoms with E-state index < -0.39 is 0 Å². The zero-order valence-electron chi connectivity index (χ0n) is 8.61. The summed E-state index contributed by atoms with van der Waals surface area (Å²) in [5, 5.41) is 4.88. The number of nitrogens with one attached hydrogen (secondary N) is 1. The smallest absolute Gasteiger partial charge is 0.243 e. The second-order valence-electron chi connectivity index (χ2n) is 4.27. The Bertz CT molecular complexity index is 466. The van der Waals surface area contributed by atoms with Crippen LogP contribution >= 0.6 is 11.6 Å². The van der Waals surface area contributed by atoms with Crippen LogP contribution in [0.2, 0.25) is 5.02 Å². The van der Waals surface area contributed by atoms with Crippen molar-refractivity contribution in [1.29, 1.82) is 0 Å². The van der Waals surface area contributed by atoms with Crippen LogP contribution in [-0.2, 0) is 4.79 Å². The molecule has 3 rings (SSSR count). The van der Waals surface area contributed by atoms with Gasteiger partial charge in [-0.25, -0.2) is 5.43 Å². The van der Waals surface area contributed by atoms with E-state index in [1.165, 1.54) is 0 Å². The lowest BCUT2D eigenvalue weighted by atomic mass is 9.68. The highest BCUT2D eigenvalue weighted by Crippen LogP contribution is 2.39. The minimum Gasteiger partial charge on any atom is -0.273 e. The minimum absolute atomic E-state index is 0.0639. The van der Waals surface area contributed by atoms with Gasteiger partial charge in [0.15, 0.2) is 0 Å². The van der Waals surface area contributed by atoms with Crippen molar-refractivity contribution < 1.29 is 4.79 Å². The van der Waals surface area contributed by atoms with Gasteiger partial charge >= 0.3 is 0 Å². The van der Waals surface area contributed by atoms with E-state index in [2.05, 4.69) is 10.5 Å². The van der Waals surface area contributed by atoms with E-state index in [9.17, 15) is 4.79 Å². The number of carbonyl (C=O) groups excluding carboxylic acids is 1. The predicted octanol–water partition coefficient (Wildman–Crippen LogP) is 2.20. The lowest BCUT2D eigenvalue weighted by Crippen LogP contribution is -2.47. The second-order valence-corrected chi connectivity index (χ2v) is 4.71. The molecule has 0 spiro atoms. The number of halogens is 1. The van der Waals surface area contributed by atoms with Crippen LogP contribution in [0.4, 0.5) is 0 Å². The number of rotatable bonds is 1. The molecule has 0 radical (unpaired) electrons. The fraction of sp³-hybridized carbons (Fsp3) is 0.333. The minimum atomic E-state index is 0.0639. The first-order valence-electron chi connectivity index (χ1n) is 5.39. The Labute approximate surface area is 98.5 Å². The van der Waals surface area contributed by atoms with Crippen molar-refractivity contribution in [2.75, 3.05) is 0 Å². The Morgan fingerprint density at radius 2 is 1.88 bits per heavy atom. The maximum absolute atomic E-state index is 11.4. The largest absolute Gasteiger partial charge is 0.273 e. The average Bonchev–Trinajstić information content (AvgIpc) is 2.22. The number of carbonyl (C=O) groups is 1. The van der Waals surface area contributed by atoms with Crippen LogP contribution in [0.1, 0.15) is 18.4 Å². The standard InChI is InChI=1S/C12H11ClN2O/c13-8-3-1-7(2-4-8)11-9-5-6-10(9)12(16)15-14-11/h1-4,9-10H,5-6H2,(H,15,16)/t9-,10-/m0/s1. The molecular weight excluding hydrogens is 224 g/mol. The zero-order chi connectivity index (χ0) is 11.1. The Morgan fingerprint density at radius 3 is 2.50 bits per heavy atom. The third-order valence-corrected chi connectivity index (χ3v) is 3.64. The number of benzene rings is 1. The molecule has 1 fully saturated rings. The molecule has 1 aliphatic heterocycles. The van der Waals surface area contributed by atoms with Gasteiger partial charge in [0, 0.05) is 16.9 Å². The normalized spacial score (nSPS) is 27.6. The molecule has 1 aliphatic carbocycles. The van der Waals surface area contributed by atoms with Gasteiger partial charge in [0.05, 0.1) is 5.71 Å². The molecule has 1 N–H and O–H groups in total. The van der Waals surface area contributed by atoms with Crippen LogP contribution in [0.3, 0.4) is 0 Å². The summed E-state index contributed by atoms with van der Waals surface area (Å²) >= 11 is 5.84. The zero-order valence-corrected chi connectivity index (χ0v) is 9.37. The third kappa shape index (κ3) is 1.43. The molecule has 3 nitrogen and oxygen atoms in total. The summed E-state index contributed by atoms with van der Waals surface area (Å²) < 4.78 is 0. The maximum Gasteiger partial charge on any atom is 0.243 e. The summed E-state index contributed by atoms with van der Waals surface area (Å²) in [7, 11) is 0. The van der Waals surface area contributed by atoms with E-state index in [0.29, 0.717) is 10.9 Å². The van der Waals surface area contributed by atoms with Gasteiger partial charge < -0.3 is 0 Å². The molecule has 0 unspecified atom stereocenters. The molecule has 0 saturated heterocycles. The van der Waals surface area contributed by atoms with Crippen LogP contribution < -0.4 is 5.43 Å². The monoisotopic (exact) mass is 234 g/mol. The lowest BCUT2D eigenvalue weighted by Gasteiger charge is -2.38. The first kappa shape index (κ1) is 9.85. The Hall–Kier alpha value is -1.35. The Kier molecular flexibility index (Phi) is 2.21. The van der Waals surface area contributed by atoms with Crippen LogP contribution in [0, 0.1) is 11.8 Å². The summed E-state index contributed by atoms with van der Waals surface area (Å²) in [4.78, 5) is 11.4. The third-order valence-electron chi connectivity index (χ3n) is 3.39. The summed E-state index contributed by atoms with van der Waals surface area (Å²) in [6, 6.07) is 7.61. The van der Waals surface area contributed by atoms with Gasteiger partial charge in [-0.1, -0.05) is 23.7 Å². The van der Waals surface area contributed by atoms with E-state index in [4.69, 9.17) is 11.6 Å². The number of fused-ring (bicyclic) bond motifs is 1. The molecule has 0 bridgehead atoms. The summed E-state index contributed by atoms with van der Waals surface area (Å²) in [6.45, 7) is 0. The van der Waals surface area contributed by atoms with E-state index in [1.54, 1.807) is 0 Å².